The second kappa shape index (κ2) is 17.8. The van der Waals surface area contributed by atoms with Crippen molar-refractivity contribution in [2.45, 2.75) is 47.3 Å². The van der Waals surface area contributed by atoms with Gasteiger partial charge in [0.15, 0.2) is 0 Å². The Morgan fingerprint density at radius 2 is 1.42 bits per heavy atom. The molecule has 0 spiro atoms. The first-order valence-corrected chi connectivity index (χ1v) is 18.2. The number of nitrogens with zero attached hydrogens (tertiary/aromatic N) is 3. The predicted molar refractivity (Wildman–Crippen MR) is 210 cm³/mol. The Labute approximate surface area is 313 Å². The van der Waals surface area contributed by atoms with Gasteiger partial charge in [0.1, 0.15) is 29.6 Å². The van der Waals surface area contributed by atoms with Crippen LogP contribution in [0.15, 0.2) is 103 Å². The molecule has 0 unspecified atom stereocenters. The minimum Gasteiger partial charge on any atom is -0.497 e. The fourth-order valence-electron chi connectivity index (χ4n) is 6.45. The van der Waals surface area contributed by atoms with E-state index in [9.17, 15) is 4.79 Å². The lowest BCUT2D eigenvalue weighted by Crippen LogP contribution is -2.47. The highest BCUT2D eigenvalue weighted by atomic mass is 16.5. The van der Waals surface area contributed by atoms with Gasteiger partial charge in [-0.15, -0.1) is 0 Å². The summed E-state index contributed by atoms with van der Waals surface area (Å²) in [5, 5.41) is 0. The summed E-state index contributed by atoms with van der Waals surface area (Å²) in [6, 6.07) is 30.4. The number of benzene rings is 4. The van der Waals surface area contributed by atoms with Crippen LogP contribution < -0.4 is 18.9 Å². The zero-order chi connectivity index (χ0) is 37.2. The average molecular weight is 712 g/mol. The smallest absolute Gasteiger partial charge is 0.246 e. The lowest BCUT2D eigenvalue weighted by Gasteiger charge is -2.34. The molecule has 2 heterocycles. The molecule has 8 nitrogen and oxygen atoms in total. The number of aryl methyl sites for hydroxylation is 4. The standard InChI is InChI=1S/C45H49N3O5/c1-32-6-13-41(14-7-32)51-25-20-39-12-8-38(26-33(39)2)30-47-21-23-48(24-22-47)44(49)19-11-37-27-34(3)45(35(4)28-37)53-43-18-17-42(29-46-43)52-31-36-9-15-40(50-5)16-10-36/h6-19,26-29H,20-25,30-31H2,1-5H3/b19-11+. The van der Waals surface area contributed by atoms with Gasteiger partial charge < -0.3 is 23.8 Å². The second-order valence-corrected chi connectivity index (χ2v) is 13.7. The van der Waals surface area contributed by atoms with E-state index < -0.39 is 0 Å². The molecule has 0 atom stereocenters. The summed E-state index contributed by atoms with van der Waals surface area (Å²) in [4.78, 5) is 21.9. The van der Waals surface area contributed by atoms with Crippen LogP contribution in [0.1, 0.15) is 44.5 Å². The molecule has 0 aliphatic carbocycles. The van der Waals surface area contributed by atoms with Crippen LogP contribution in [0.3, 0.4) is 0 Å². The van der Waals surface area contributed by atoms with Crippen molar-refractivity contribution in [1.82, 2.24) is 14.8 Å². The SMILES string of the molecule is COc1ccc(COc2ccc(Oc3c(C)cc(/C=C/C(=O)N4CCN(Cc5ccc(CCOc6ccc(C)cc6)c(C)c5)CC4)cc3C)nc2)cc1. The fraction of sp³-hybridized carbons (Fsp3) is 0.289. The molecule has 0 saturated carbocycles. The maximum atomic E-state index is 13.1. The Morgan fingerprint density at radius 3 is 2.08 bits per heavy atom. The molecule has 1 amide bonds. The Bertz CT molecular complexity index is 1980. The van der Waals surface area contributed by atoms with Crippen LogP contribution in [0, 0.1) is 27.7 Å². The van der Waals surface area contributed by atoms with Crippen LogP contribution in [-0.4, -0.2) is 60.6 Å². The number of ether oxygens (including phenoxy) is 4. The molecule has 1 fully saturated rings. The summed E-state index contributed by atoms with van der Waals surface area (Å²) in [6.45, 7) is 13.3. The Kier molecular flexibility index (Phi) is 12.4. The van der Waals surface area contributed by atoms with E-state index in [1.807, 2.05) is 79.4 Å². The molecule has 6 rings (SSSR count). The summed E-state index contributed by atoms with van der Waals surface area (Å²) in [5.74, 6) is 3.65. The predicted octanol–water partition coefficient (Wildman–Crippen LogP) is 8.67. The van der Waals surface area contributed by atoms with Gasteiger partial charge in [0, 0.05) is 51.3 Å². The van der Waals surface area contributed by atoms with Gasteiger partial charge in [-0.25, -0.2) is 4.98 Å². The Balaban J connectivity index is 0.942. The van der Waals surface area contributed by atoms with Crippen LogP contribution in [-0.2, 0) is 24.4 Å². The maximum Gasteiger partial charge on any atom is 0.246 e. The molecule has 1 saturated heterocycles. The first kappa shape index (κ1) is 37.2. The van der Waals surface area contributed by atoms with Crippen molar-refractivity contribution in [2.75, 3.05) is 39.9 Å². The largest absolute Gasteiger partial charge is 0.497 e. The van der Waals surface area contributed by atoms with E-state index in [4.69, 9.17) is 18.9 Å². The highest BCUT2D eigenvalue weighted by Crippen LogP contribution is 2.30. The molecule has 1 aliphatic rings. The topological polar surface area (TPSA) is 73.4 Å². The van der Waals surface area contributed by atoms with Crippen LogP contribution in [0.4, 0.5) is 0 Å². The second-order valence-electron chi connectivity index (χ2n) is 13.7. The zero-order valence-electron chi connectivity index (χ0n) is 31.4. The molecule has 274 valence electrons. The lowest BCUT2D eigenvalue weighted by molar-refractivity contribution is -0.127. The van der Waals surface area contributed by atoms with Crippen LogP contribution in [0.25, 0.3) is 6.08 Å². The molecule has 0 bridgehead atoms. The molecular formula is C45H49N3O5. The van der Waals surface area contributed by atoms with Crippen molar-refractivity contribution in [2.24, 2.45) is 0 Å². The van der Waals surface area contributed by atoms with Gasteiger partial charge >= 0.3 is 0 Å². The number of methoxy groups -OCH3 is 1. The van der Waals surface area contributed by atoms with Crippen molar-refractivity contribution in [1.29, 1.82) is 0 Å². The number of hydrogen-bond acceptors (Lipinski definition) is 7. The summed E-state index contributed by atoms with van der Waals surface area (Å²) in [6.07, 6.45) is 6.11. The van der Waals surface area contributed by atoms with E-state index in [1.54, 1.807) is 25.4 Å². The minimum atomic E-state index is 0.0341. The summed E-state index contributed by atoms with van der Waals surface area (Å²) in [5.41, 5.74) is 9.05. The first-order valence-electron chi connectivity index (χ1n) is 18.2. The van der Waals surface area contributed by atoms with E-state index in [0.29, 0.717) is 37.9 Å². The van der Waals surface area contributed by atoms with Gasteiger partial charge in [-0.2, -0.15) is 0 Å². The van der Waals surface area contributed by atoms with Gasteiger partial charge in [0.25, 0.3) is 0 Å². The van der Waals surface area contributed by atoms with Crippen molar-refractivity contribution in [3.8, 4) is 28.9 Å². The molecule has 8 heteroatoms. The van der Waals surface area contributed by atoms with E-state index in [1.165, 1.54) is 22.3 Å². The molecule has 4 aromatic carbocycles. The van der Waals surface area contributed by atoms with Crippen LogP contribution >= 0.6 is 0 Å². The summed E-state index contributed by atoms with van der Waals surface area (Å²) in [7, 11) is 1.65. The van der Waals surface area contributed by atoms with Gasteiger partial charge in [-0.1, -0.05) is 48.0 Å². The third-order valence-electron chi connectivity index (χ3n) is 9.54. The average Bonchev–Trinajstić information content (AvgIpc) is 3.17. The summed E-state index contributed by atoms with van der Waals surface area (Å²) < 4.78 is 23.2. The van der Waals surface area contributed by atoms with Gasteiger partial charge in [-0.3, -0.25) is 9.69 Å². The number of rotatable bonds is 14. The number of carbonyl (C=O) groups is 1. The molecule has 53 heavy (non-hydrogen) atoms. The van der Waals surface area contributed by atoms with Gasteiger partial charge in [-0.05, 0) is 115 Å². The molecule has 0 N–H and O–H groups in total. The van der Waals surface area contributed by atoms with Crippen LogP contribution in [0.5, 0.6) is 28.9 Å². The van der Waals surface area contributed by atoms with Crippen molar-refractivity contribution in [3.05, 3.63) is 148 Å². The molecular weight excluding hydrogens is 663 g/mol. The number of carbonyl (C=O) groups excluding carboxylic acids is 1. The quantitative estimate of drug-likeness (QED) is 0.107. The molecule has 1 aliphatic heterocycles. The van der Waals surface area contributed by atoms with E-state index in [0.717, 1.165) is 65.6 Å². The third-order valence-corrected chi connectivity index (χ3v) is 9.54. The number of piperazine rings is 1. The number of amides is 1. The highest BCUT2D eigenvalue weighted by molar-refractivity contribution is 5.92. The zero-order valence-corrected chi connectivity index (χ0v) is 31.4. The lowest BCUT2D eigenvalue weighted by atomic mass is 10.0. The molecule has 0 radical (unpaired) electrons. The monoisotopic (exact) mass is 711 g/mol. The van der Waals surface area contributed by atoms with Crippen molar-refractivity contribution < 1.29 is 23.7 Å². The number of aromatic nitrogens is 1. The summed E-state index contributed by atoms with van der Waals surface area (Å²) >= 11 is 0. The third kappa shape index (κ3) is 10.5. The Hall–Kier alpha value is -5.60. The number of hydrogen-bond donors (Lipinski definition) is 0. The number of pyridine rings is 1. The minimum absolute atomic E-state index is 0.0341. The first-order chi connectivity index (χ1) is 25.7. The van der Waals surface area contributed by atoms with E-state index >= 15 is 0 Å². The van der Waals surface area contributed by atoms with Gasteiger partial charge in [0.05, 0.1) is 19.9 Å². The van der Waals surface area contributed by atoms with Crippen LogP contribution in [0.2, 0.25) is 0 Å². The molecule has 1 aromatic heterocycles. The highest BCUT2D eigenvalue weighted by Gasteiger charge is 2.20. The van der Waals surface area contributed by atoms with E-state index in [2.05, 4.69) is 54.1 Å². The normalized spacial score (nSPS) is 13.3. The van der Waals surface area contributed by atoms with Crippen molar-refractivity contribution in [3.63, 3.8) is 0 Å². The molecule has 5 aromatic rings. The fourth-order valence-corrected chi connectivity index (χ4v) is 6.45. The van der Waals surface area contributed by atoms with E-state index in [-0.39, 0.29) is 5.91 Å². The maximum absolute atomic E-state index is 13.1. The van der Waals surface area contributed by atoms with Gasteiger partial charge in [0.2, 0.25) is 11.8 Å². The van der Waals surface area contributed by atoms with Crippen molar-refractivity contribution >= 4 is 12.0 Å². The Morgan fingerprint density at radius 1 is 0.736 bits per heavy atom.